The molecule has 0 bridgehead atoms. The van der Waals surface area contributed by atoms with Crippen molar-refractivity contribution in [1.82, 2.24) is 5.48 Å². The van der Waals surface area contributed by atoms with Crippen molar-refractivity contribution in [3.05, 3.63) is 0 Å². The van der Waals surface area contributed by atoms with Crippen molar-refractivity contribution in [2.45, 2.75) is 26.4 Å². The van der Waals surface area contributed by atoms with Gasteiger partial charge in [0.2, 0.25) is 0 Å². The summed E-state index contributed by atoms with van der Waals surface area (Å²) < 4.78 is 4.71. The summed E-state index contributed by atoms with van der Waals surface area (Å²) in [4.78, 5) is 24.1. The Morgan fingerprint density at radius 3 is 2.36 bits per heavy atom. The largest absolute Gasteiger partial charge is 0.442 e. The third kappa shape index (κ3) is 6.63. The lowest BCUT2D eigenvalue weighted by Gasteiger charge is -2.18. The molecule has 0 aliphatic carbocycles. The summed E-state index contributed by atoms with van der Waals surface area (Å²) in [5.41, 5.74) is 1.17. The quantitative estimate of drug-likeness (QED) is 0.475. The molecule has 0 aromatic heterocycles. The van der Waals surface area contributed by atoms with E-state index in [9.17, 15) is 9.59 Å². The normalized spacial score (nSPS) is 10.1. The van der Waals surface area contributed by atoms with Gasteiger partial charge in [-0.2, -0.15) is 0 Å². The molecule has 0 aromatic rings. The topological polar surface area (TPSA) is 64.6 Å². The van der Waals surface area contributed by atoms with Crippen molar-refractivity contribution < 1.29 is 19.2 Å². The highest BCUT2D eigenvalue weighted by Crippen LogP contribution is 2.05. The van der Waals surface area contributed by atoms with E-state index in [-0.39, 0.29) is 6.47 Å². The Balaban J connectivity index is 3.61. The molecule has 0 fully saturated rings. The summed E-state index contributed by atoms with van der Waals surface area (Å²) in [5.74, 6) is 0. The molecule has 0 atom stereocenters. The number of carbonyl (C=O) groups is 2. The van der Waals surface area contributed by atoms with Crippen LogP contribution in [0.4, 0.5) is 4.79 Å². The van der Waals surface area contributed by atoms with Gasteiger partial charge >= 0.3 is 12.6 Å². The number of nitrogens with one attached hydrogen (secondary N) is 1. The van der Waals surface area contributed by atoms with Gasteiger partial charge in [-0.05, 0) is 20.8 Å². The summed E-state index contributed by atoms with van der Waals surface area (Å²) in [6.07, 6.45) is -0.787. The second-order valence-corrected chi connectivity index (χ2v) is 2.82. The van der Waals surface area contributed by atoms with E-state index in [1.165, 1.54) is 0 Å². The first-order valence-corrected chi connectivity index (χ1v) is 3.04. The van der Waals surface area contributed by atoms with Crippen molar-refractivity contribution in [1.29, 1.82) is 0 Å². The Hall–Kier alpha value is -1.26. The van der Waals surface area contributed by atoms with Gasteiger partial charge in [0.1, 0.15) is 5.60 Å². The van der Waals surface area contributed by atoms with Crippen molar-refractivity contribution in [3.8, 4) is 0 Å². The molecule has 0 saturated heterocycles. The zero-order valence-electron chi connectivity index (χ0n) is 6.71. The maximum atomic E-state index is 10.6. The minimum absolute atomic E-state index is 0.101. The summed E-state index contributed by atoms with van der Waals surface area (Å²) in [5, 5.41) is 0. The van der Waals surface area contributed by atoms with Crippen LogP contribution < -0.4 is 5.48 Å². The van der Waals surface area contributed by atoms with Gasteiger partial charge in [0.15, 0.2) is 0 Å². The number of ether oxygens (including phenoxy) is 1. The molecule has 0 aliphatic rings. The fourth-order valence-corrected chi connectivity index (χ4v) is 0.371. The molecule has 0 rings (SSSR count). The minimum atomic E-state index is -0.787. The Bertz CT molecular complexity index is 149. The highest BCUT2D eigenvalue weighted by molar-refractivity contribution is 5.67. The SMILES string of the molecule is CC(C)(C)OC(=O)NOC=O. The summed E-state index contributed by atoms with van der Waals surface area (Å²) in [7, 11) is 0. The molecule has 0 heterocycles. The second kappa shape index (κ2) is 3.80. The average Bonchev–Trinajstić information content (AvgIpc) is 1.79. The van der Waals surface area contributed by atoms with Gasteiger partial charge in [-0.1, -0.05) is 0 Å². The first kappa shape index (κ1) is 9.74. The van der Waals surface area contributed by atoms with E-state index in [0.29, 0.717) is 0 Å². The molecule has 64 valence electrons. The molecular formula is C6H11NO4. The molecule has 0 aliphatic heterocycles. The molecule has 1 N–H and O–H groups in total. The van der Waals surface area contributed by atoms with E-state index in [1.807, 2.05) is 0 Å². The van der Waals surface area contributed by atoms with Crippen molar-refractivity contribution >= 4 is 12.6 Å². The number of amides is 1. The number of carbonyl (C=O) groups excluding carboxylic acids is 2. The van der Waals surface area contributed by atoms with E-state index in [4.69, 9.17) is 4.74 Å². The van der Waals surface area contributed by atoms with E-state index >= 15 is 0 Å². The lowest BCUT2D eigenvalue weighted by Crippen LogP contribution is -2.32. The van der Waals surface area contributed by atoms with Crippen molar-refractivity contribution in [2.75, 3.05) is 0 Å². The zero-order valence-corrected chi connectivity index (χ0v) is 6.71. The van der Waals surface area contributed by atoms with Crippen LogP contribution in [0, 0.1) is 0 Å². The third-order valence-electron chi connectivity index (χ3n) is 0.589. The van der Waals surface area contributed by atoms with Gasteiger partial charge in [0, 0.05) is 0 Å². The predicted octanol–water partition coefficient (Wildman–Crippen LogP) is 0.599. The number of hydrogen-bond donors (Lipinski definition) is 1. The van der Waals surface area contributed by atoms with Gasteiger partial charge in [0.25, 0.3) is 0 Å². The third-order valence-corrected chi connectivity index (χ3v) is 0.589. The number of hydroxylamine groups is 1. The molecule has 0 saturated carbocycles. The molecule has 5 heteroatoms. The fourth-order valence-electron chi connectivity index (χ4n) is 0.371. The van der Waals surface area contributed by atoms with Crippen LogP contribution in [0.1, 0.15) is 20.8 Å². The Morgan fingerprint density at radius 1 is 1.45 bits per heavy atom. The molecule has 5 nitrogen and oxygen atoms in total. The first-order valence-electron chi connectivity index (χ1n) is 3.04. The molecular weight excluding hydrogens is 150 g/mol. The molecule has 11 heavy (non-hydrogen) atoms. The maximum Gasteiger partial charge on any atom is 0.441 e. The lowest BCUT2D eigenvalue weighted by molar-refractivity contribution is -0.134. The van der Waals surface area contributed by atoms with E-state index in [2.05, 4.69) is 4.84 Å². The van der Waals surface area contributed by atoms with Crippen molar-refractivity contribution in [3.63, 3.8) is 0 Å². The number of hydrogen-bond acceptors (Lipinski definition) is 4. The standard InChI is InChI=1S/C6H11NO4/c1-6(2,3)11-5(9)7-10-4-8/h4H,1-3H3,(H,7,9). The van der Waals surface area contributed by atoms with Gasteiger partial charge in [-0.15, -0.1) is 5.48 Å². The van der Waals surface area contributed by atoms with Crippen LogP contribution in [-0.2, 0) is 14.4 Å². The Kier molecular flexibility index (Phi) is 3.36. The van der Waals surface area contributed by atoms with Crippen LogP contribution in [0.25, 0.3) is 0 Å². The highest BCUT2D eigenvalue weighted by atomic mass is 16.7. The Morgan fingerprint density at radius 2 is 2.00 bits per heavy atom. The first-order chi connectivity index (χ1) is 4.95. The average molecular weight is 161 g/mol. The van der Waals surface area contributed by atoms with Gasteiger partial charge < -0.3 is 9.57 Å². The van der Waals surface area contributed by atoms with Crippen molar-refractivity contribution in [2.24, 2.45) is 0 Å². The van der Waals surface area contributed by atoms with Crippen LogP contribution in [0.5, 0.6) is 0 Å². The van der Waals surface area contributed by atoms with Gasteiger partial charge in [-0.25, -0.2) is 4.79 Å². The van der Waals surface area contributed by atoms with Gasteiger partial charge in [-0.3, -0.25) is 4.79 Å². The van der Waals surface area contributed by atoms with Crippen LogP contribution in [0.15, 0.2) is 0 Å². The second-order valence-electron chi connectivity index (χ2n) is 2.82. The van der Waals surface area contributed by atoms with Gasteiger partial charge in [0.05, 0.1) is 0 Å². The van der Waals surface area contributed by atoms with E-state index in [1.54, 1.807) is 26.3 Å². The minimum Gasteiger partial charge on any atom is -0.442 e. The van der Waals surface area contributed by atoms with Crippen LogP contribution >= 0.6 is 0 Å². The summed E-state index contributed by atoms with van der Waals surface area (Å²) in [6.45, 7) is 5.21. The van der Waals surface area contributed by atoms with E-state index < -0.39 is 11.7 Å². The molecule has 0 aromatic carbocycles. The molecule has 0 spiro atoms. The molecule has 0 radical (unpaired) electrons. The predicted molar refractivity (Wildman–Crippen MR) is 36.5 cm³/mol. The smallest absolute Gasteiger partial charge is 0.441 e. The Labute approximate surface area is 64.6 Å². The zero-order chi connectivity index (χ0) is 8.91. The maximum absolute atomic E-state index is 10.6. The summed E-state index contributed by atoms with van der Waals surface area (Å²) >= 11 is 0. The molecule has 0 unspecified atom stereocenters. The molecule has 1 amide bonds. The van der Waals surface area contributed by atoms with Crippen LogP contribution in [-0.4, -0.2) is 18.2 Å². The highest BCUT2D eigenvalue weighted by Gasteiger charge is 2.15. The van der Waals surface area contributed by atoms with Crippen LogP contribution in [0.3, 0.4) is 0 Å². The summed E-state index contributed by atoms with van der Waals surface area (Å²) in [6, 6.07) is 0. The lowest BCUT2D eigenvalue weighted by atomic mass is 10.2. The monoisotopic (exact) mass is 161 g/mol. The van der Waals surface area contributed by atoms with Crippen LogP contribution in [0.2, 0.25) is 0 Å². The fraction of sp³-hybridized carbons (Fsp3) is 0.667. The van der Waals surface area contributed by atoms with E-state index in [0.717, 1.165) is 0 Å². The number of rotatable bonds is 2.